The molecule has 1 aliphatic rings. The van der Waals surface area contributed by atoms with E-state index in [4.69, 9.17) is 23.7 Å². The Morgan fingerprint density at radius 3 is 1.73 bits per heavy atom. The molecule has 0 atom stereocenters. The molecule has 0 unspecified atom stereocenters. The molecule has 6 aromatic rings. The highest BCUT2D eigenvalue weighted by molar-refractivity contribution is 5.75. The lowest BCUT2D eigenvalue weighted by Gasteiger charge is -2.36. The normalized spacial score (nSPS) is 11.7. The number of benzene rings is 6. The molecule has 0 saturated heterocycles. The van der Waals surface area contributed by atoms with Crippen LogP contribution in [0.2, 0.25) is 0 Å². The number of aliphatic hydroxyl groups excluding tert-OH is 1. The maximum absolute atomic E-state index is 9.41. The molecular weight excluding hydrogens is 649 g/mol. The van der Waals surface area contributed by atoms with E-state index in [0.717, 1.165) is 72.9 Å². The fourth-order valence-electron chi connectivity index (χ4n) is 6.64. The lowest BCUT2D eigenvalue weighted by atomic mass is 9.80. The summed E-state index contributed by atoms with van der Waals surface area (Å²) < 4.78 is 30.4. The summed E-state index contributed by atoms with van der Waals surface area (Å²) in [5, 5.41) is 9.41. The molecule has 266 valence electrons. The van der Waals surface area contributed by atoms with Crippen LogP contribution in [-0.2, 0) is 48.1 Å². The fourth-order valence-corrected chi connectivity index (χ4v) is 6.64. The molecule has 1 aliphatic heterocycles. The number of aliphatic hydroxyl groups is 1. The van der Waals surface area contributed by atoms with Gasteiger partial charge in [0.25, 0.3) is 0 Å². The number of fused-ring (bicyclic) bond motifs is 3. The van der Waals surface area contributed by atoms with Gasteiger partial charge in [-0.2, -0.15) is 0 Å². The van der Waals surface area contributed by atoms with Crippen LogP contribution in [0.5, 0.6) is 17.2 Å². The predicted molar refractivity (Wildman–Crippen MR) is 206 cm³/mol. The smallest absolute Gasteiger partial charge is 0.144 e. The molecule has 0 aliphatic carbocycles. The molecule has 6 aromatic carbocycles. The zero-order chi connectivity index (χ0) is 36.3. The van der Waals surface area contributed by atoms with Crippen molar-refractivity contribution in [2.75, 3.05) is 14.2 Å². The van der Waals surface area contributed by atoms with Crippen LogP contribution in [0.15, 0.2) is 140 Å². The van der Waals surface area contributed by atoms with Gasteiger partial charge in [-0.05, 0) is 86.5 Å². The number of hydrogen-bond donors (Lipinski definition) is 1. The van der Waals surface area contributed by atoms with Gasteiger partial charge in [-0.1, -0.05) is 117 Å². The van der Waals surface area contributed by atoms with E-state index in [9.17, 15) is 5.11 Å². The molecule has 0 aromatic heterocycles. The fraction of sp³-hybridized carbons (Fsp3) is 0.217. The van der Waals surface area contributed by atoms with Gasteiger partial charge in [-0.25, -0.2) is 0 Å². The Labute approximate surface area is 307 Å². The van der Waals surface area contributed by atoms with Crippen LogP contribution in [0.1, 0.15) is 58.4 Å². The molecule has 0 spiro atoms. The third-order valence-electron chi connectivity index (χ3n) is 9.23. The molecule has 0 radical (unpaired) electrons. The molecule has 0 amide bonds. The number of ether oxygens (including phenoxy) is 5. The van der Waals surface area contributed by atoms with Gasteiger partial charge >= 0.3 is 0 Å². The average Bonchev–Trinajstić information content (AvgIpc) is 3.22. The van der Waals surface area contributed by atoms with E-state index in [1.807, 2.05) is 80.6 Å². The molecule has 1 heterocycles. The first-order valence-corrected chi connectivity index (χ1v) is 17.7. The van der Waals surface area contributed by atoms with Crippen LogP contribution >= 0.6 is 0 Å². The monoisotopic (exact) mass is 694 g/mol. The predicted octanol–water partition coefficient (Wildman–Crippen LogP) is 10.0. The lowest BCUT2D eigenvalue weighted by Crippen LogP contribution is -2.32. The standard InChI is InChI=1S/C44H40O6.C2H6/c1-46-39-17-13-37(14-18-39)44(36-9-4-3-5-10-36,38-15-19-40(47-2)20-16-38)50-29-34-12-22-42-41-21-11-33(24-35(41)30-49-43(42)25-34)28-48-27-32-8-6-7-31(23-32)26-45;1-2/h3-25,45H,26-30H2,1-2H3;1-2H3. The topological polar surface area (TPSA) is 66.4 Å². The third-order valence-corrected chi connectivity index (χ3v) is 9.23. The van der Waals surface area contributed by atoms with E-state index in [0.29, 0.717) is 26.4 Å². The summed E-state index contributed by atoms with van der Waals surface area (Å²) in [4.78, 5) is 0. The summed E-state index contributed by atoms with van der Waals surface area (Å²) in [6.45, 7) is 5.82. The quantitative estimate of drug-likeness (QED) is 0.121. The Bertz CT molecular complexity index is 1990. The van der Waals surface area contributed by atoms with Gasteiger partial charge in [0.05, 0.1) is 40.6 Å². The molecule has 0 fully saturated rings. The van der Waals surface area contributed by atoms with Crippen LogP contribution in [0, 0.1) is 0 Å². The largest absolute Gasteiger partial charge is 0.497 e. The van der Waals surface area contributed by atoms with E-state index in [2.05, 4.69) is 72.8 Å². The van der Waals surface area contributed by atoms with Gasteiger partial charge in [-0.3, -0.25) is 0 Å². The van der Waals surface area contributed by atoms with Crippen LogP contribution < -0.4 is 14.2 Å². The van der Waals surface area contributed by atoms with Gasteiger partial charge < -0.3 is 28.8 Å². The number of methoxy groups -OCH3 is 2. The Hall–Kier alpha value is -5.40. The second-order valence-corrected chi connectivity index (χ2v) is 12.4. The highest BCUT2D eigenvalue weighted by Gasteiger charge is 2.38. The summed E-state index contributed by atoms with van der Waals surface area (Å²) in [6.07, 6.45) is 0. The summed E-state index contributed by atoms with van der Waals surface area (Å²) in [5.41, 5.74) is 9.44. The minimum absolute atomic E-state index is 0.0243. The molecule has 7 rings (SSSR count). The minimum Gasteiger partial charge on any atom is -0.497 e. The van der Waals surface area contributed by atoms with Crippen molar-refractivity contribution in [3.05, 3.63) is 184 Å². The Morgan fingerprint density at radius 1 is 0.558 bits per heavy atom. The summed E-state index contributed by atoms with van der Waals surface area (Å²) in [5.74, 6) is 2.40. The number of hydrogen-bond acceptors (Lipinski definition) is 6. The van der Waals surface area contributed by atoms with E-state index in [1.54, 1.807) is 14.2 Å². The van der Waals surface area contributed by atoms with Crippen LogP contribution in [0.3, 0.4) is 0 Å². The lowest BCUT2D eigenvalue weighted by molar-refractivity contribution is 0.000107. The Morgan fingerprint density at radius 2 is 1.12 bits per heavy atom. The SMILES string of the molecule is CC.COc1ccc(C(OCc2ccc3c(c2)OCc2cc(COCc4cccc(CO)c4)ccc2-3)(c2ccccc2)c2ccc(OC)cc2)cc1. The van der Waals surface area contributed by atoms with Crippen molar-refractivity contribution < 1.29 is 28.8 Å². The van der Waals surface area contributed by atoms with Crippen molar-refractivity contribution in [2.24, 2.45) is 0 Å². The van der Waals surface area contributed by atoms with Crippen molar-refractivity contribution in [1.82, 2.24) is 0 Å². The van der Waals surface area contributed by atoms with Crippen LogP contribution in [0.25, 0.3) is 11.1 Å². The molecule has 52 heavy (non-hydrogen) atoms. The Balaban J connectivity index is 0.00000228. The highest BCUT2D eigenvalue weighted by atomic mass is 16.5. The second kappa shape index (κ2) is 17.2. The molecule has 6 nitrogen and oxygen atoms in total. The molecule has 0 bridgehead atoms. The first-order valence-electron chi connectivity index (χ1n) is 17.7. The van der Waals surface area contributed by atoms with Crippen molar-refractivity contribution in [3.8, 4) is 28.4 Å². The van der Waals surface area contributed by atoms with Crippen LogP contribution in [0.4, 0.5) is 0 Å². The number of rotatable bonds is 13. The van der Waals surface area contributed by atoms with Gasteiger partial charge in [0.15, 0.2) is 0 Å². The van der Waals surface area contributed by atoms with Crippen molar-refractivity contribution >= 4 is 0 Å². The first-order chi connectivity index (χ1) is 25.6. The van der Waals surface area contributed by atoms with E-state index < -0.39 is 5.60 Å². The van der Waals surface area contributed by atoms with Gasteiger partial charge in [0.1, 0.15) is 29.5 Å². The van der Waals surface area contributed by atoms with E-state index >= 15 is 0 Å². The van der Waals surface area contributed by atoms with Gasteiger partial charge in [0, 0.05) is 5.56 Å². The Kier molecular flexibility index (Phi) is 12.0. The molecule has 1 N–H and O–H groups in total. The van der Waals surface area contributed by atoms with E-state index in [-0.39, 0.29) is 6.61 Å². The maximum atomic E-state index is 9.41. The van der Waals surface area contributed by atoms with Gasteiger partial charge in [-0.15, -0.1) is 0 Å². The third kappa shape index (κ3) is 7.90. The second-order valence-electron chi connectivity index (χ2n) is 12.4. The summed E-state index contributed by atoms with van der Waals surface area (Å²) >= 11 is 0. The zero-order valence-corrected chi connectivity index (χ0v) is 30.3. The van der Waals surface area contributed by atoms with Crippen molar-refractivity contribution in [3.63, 3.8) is 0 Å². The van der Waals surface area contributed by atoms with Crippen LogP contribution in [-0.4, -0.2) is 19.3 Å². The maximum Gasteiger partial charge on any atom is 0.144 e. The van der Waals surface area contributed by atoms with Crippen molar-refractivity contribution in [1.29, 1.82) is 0 Å². The molecule has 0 saturated carbocycles. The highest BCUT2D eigenvalue weighted by Crippen LogP contribution is 2.43. The average molecular weight is 695 g/mol. The van der Waals surface area contributed by atoms with E-state index in [1.165, 1.54) is 0 Å². The molecular formula is C46H46O6. The van der Waals surface area contributed by atoms with Crippen molar-refractivity contribution in [2.45, 2.75) is 52.5 Å². The van der Waals surface area contributed by atoms with Gasteiger partial charge in [0.2, 0.25) is 0 Å². The zero-order valence-electron chi connectivity index (χ0n) is 30.3. The minimum atomic E-state index is -0.913. The summed E-state index contributed by atoms with van der Waals surface area (Å²) in [6, 6.07) is 47.1. The first kappa shape index (κ1) is 36.4. The summed E-state index contributed by atoms with van der Waals surface area (Å²) in [7, 11) is 3.34. The molecule has 6 heteroatoms.